The first-order chi connectivity index (χ1) is 14.9. The topological polar surface area (TPSA) is 104 Å². The van der Waals surface area contributed by atoms with Gasteiger partial charge in [0.25, 0.3) is 5.56 Å². The van der Waals surface area contributed by atoms with E-state index in [0.29, 0.717) is 16.6 Å². The van der Waals surface area contributed by atoms with Gasteiger partial charge in [0.2, 0.25) is 11.8 Å². The fourth-order valence-corrected chi connectivity index (χ4v) is 4.06. The lowest BCUT2D eigenvalue weighted by atomic mass is 9.92. The lowest BCUT2D eigenvalue weighted by molar-refractivity contribution is -0.123. The molecule has 9 heteroatoms. The van der Waals surface area contributed by atoms with Crippen LogP contribution in [0.5, 0.6) is 0 Å². The summed E-state index contributed by atoms with van der Waals surface area (Å²) >= 11 is 1.33. The number of rotatable bonds is 5. The average Bonchev–Trinajstić information content (AvgIpc) is 2.74. The summed E-state index contributed by atoms with van der Waals surface area (Å²) in [4.78, 5) is 44.8. The lowest BCUT2D eigenvalue weighted by Gasteiger charge is -2.23. The van der Waals surface area contributed by atoms with Crippen LogP contribution in [0.4, 0.5) is 15.9 Å². The number of hydrogen-bond acceptors (Lipinski definition) is 5. The molecule has 1 aliphatic heterocycles. The van der Waals surface area contributed by atoms with E-state index in [2.05, 4.69) is 20.6 Å². The molecule has 1 atom stereocenters. The van der Waals surface area contributed by atoms with Crippen molar-refractivity contribution < 1.29 is 14.0 Å². The van der Waals surface area contributed by atoms with E-state index < -0.39 is 29.1 Å². The number of aryl methyl sites for hydroxylation is 1. The number of thioether (sulfide) groups is 1. The van der Waals surface area contributed by atoms with E-state index in [0.717, 1.165) is 11.1 Å². The summed E-state index contributed by atoms with van der Waals surface area (Å²) in [6.07, 6.45) is -0.180. The quantitative estimate of drug-likeness (QED) is 0.417. The van der Waals surface area contributed by atoms with Gasteiger partial charge in [-0.25, -0.2) is 9.37 Å². The number of halogens is 1. The summed E-state index contributed by atoms with van der Waals surface area (Å²) in [6, 6.07) is 13.2. The molecule has 0 radical (unpaired) electrons. The third kappa shape index (κ3) is 4.83. The van der Waals surface area contributed by atoms with E-state index in [1.807, 2.05) is 31.2 Å². The molecule has 31 heavy (non-hydrogen) atoms. The number of carbonyl (C=O) groups excluding carboxylic acids is 2. The second kappa shape index (κ2) is 8.73. The van der Waals surface area contributed by atoms with Crippen molar-refractivity contribution in [1.29, 1.82) is 0 Å². The molecule has 3 N–H and O–H groups in total. The molecule has 0 fully saturated rings. The summed E-state index contributed by atoms with van der Waals surface area (Å²) < 4.78 is 13.1. The number of H-pyrrole nitrogens is 1. The van der Waals surface area contributed by atoms with Gasteiger partial charge < -0.3 is 15.6 Å². The minimum atomic E-state index is -0.999. The Kier molecular flexibility index (Phi) is 5.85. The van der Waals surface area contributed by atoms with Gasteiger partial charge in [0, 0.05) is 17.9 Å². The average molecular weight is 438 g/mol. The lowest BCUT2D eigenvalue weighted by Crippen LogP contribution is -2.36. The molecule has 2 heterocycles. The standard InChI is InChI=1S/C22H19FN4O3S/c1-12-2-4-13(5-3-12)11-31-22-26-19-18(21(30)27-22)16(10-17(28)25-19)20(29)24-15-8-6-14(23)7-9-15/h2-9,16H,10-11H2,1H3,(H,24,29)(H2,25,26,27,28,30)/t16-/m0/s1. The molecule has 3 aromatic rings. The Bertz CT molecular complexity index is 1190. The van der Waals surface area contributed by atoms with Crippen molar-refractivity contribution in [3.8, 4) is 0 Å². The molecule has 2 aromatic carbocycles. The smallest absolute Gasteiger partial charge is 0.257 e. The van der Waals surface area contributed by atoms with Crippen molar-refractivity contribution in [2.75, 3.05) is 10.6 Å². The molecule has 0 saturated heterocycles. The molecular weight excluding hydrogens is 419 g/mol. The van der Waals surface area contributed by atoms with Crippen molar-refractivity contribution in [2.24, 2.45) is 0 Å². The van der Waals surface area contributed by atoms with Gasteiger partial charge in [0.1, 0.15) is 11.6 Å². The van der Waals surface area contributed by atoms with E-state index in [4.69, 9.17) is 0 Å². The second-order valence-corrected chi connectivity index (χ2v) is 8.17. The number of anilines is 2. The van der Waals surface area contributed by atoms with E-state index in [1.54, 1.807) is 0 Å². The first-order valence-corrected chi connectivity index (χ1v) is 10.6. The molecular formula is C22H19FN4O3S. The minimum Gasteiger partial charge on any atom is -0.326 e. The van der Waals surface area contributed by atoms with Crippen LogP contribution in [0.25, 0.3) is 0 Å². The monoisotopic (exact) mass is 438 g/mol. The van der Waals surface area contributed by atoms with Gasteiger partial charge in [0.15, 0.2) is 5.16 Å². The number of amides is 2. The maximum atomic E-state index is 13.1. The number of benzene rings is 2. The number of carbonyl (C=O) groups is 2. The predicted octanol–water partition coefficient (Wildman–Crippen LogP) is 3.57. The maximum absolute atomic E-state index is 13.1. The maximum Gasteiger partial charge on any atom is 0.257 e. The Morgan fingerprint density at radius 1 is 1.16 bits per heavy atom. The number of fused-ring (bicyclic) bond motifs is 1. The van der Waals surface area contributed by atoms with Crippen LogP contribution in [-0.4, -0.2) is 21.8 Å². The number of hydrogen-bond donors (Lipinski definition) is 3. The van der Waals surface area contributed by atoms with Crippen LogP contribution < -0.4 is 16.2 Å². The zero-order chi connectivity index (χ0) is 22.0. The highest BCUT2D eigenvalue weighted by Gasteiger charge is 2.34. The van der Waals surface area contributed by atoms with Gasteiger partial charge in [-0.2, -0.15) is 0 Å². The van der Waals surface area contributed by atoms with Crippen LogP contribution in [0.3, 0.4) is 0 Å². The van der Waals surface area contributed by atoms with E-state index in [9.17, 15) is 18.8 Å². The summed E-state index contributed by atoms with van der Waals surface area (Å²) in [5.41, 5.74) is 2.22. The van der Waals surface area contributed by atoms with Gasteiger partial charge in [-0.3, -0.25) is 14.4 Å². The summed E-state index contributed by atoms with van der Waals surface area (Å²) in [6.45, 7) is 2.00. The van der Waals surface area contributed by atoms with E-state index in [1.165, 1.54) is 36.0 Å². The second-order valence-electron chi connectivity index (χ2n) is 7.21. The van der Waals surface area contributed by atoms with Crippen LogP contribution in [0, 0.1) is 12.7 Å². The molecule has 4 rings (SSSR count). The highest BCUT2D eigenvalue weighted by atomic mass is 32.2. The normalized spacial score (nSPS) is 15.2. The highest BCUT2D eigenvalue weighted by Crippen LogP contribution is 2.31. The molecule has 0 aliphatic carbocycles. The molecule has 0 saturated carbocycles. The summed E-state index contributed by atoms with van der Waals surface area (Å²) in [5, 5.41) is 5.56. The Labute approximate surface area is 181 Å². The largest absolute Gasteiger partial charge is 0.326 e. The number of aromatic amines is 1. The molecule has 0 bridgehead atoms. The van der Waals surface area contributed by atoms with Crippen molar-refractivity contribution in [1.82, 2.24) is 9.97 Å². The first-order valence-electron chi connectivity index (χ1n) is 9.58. The Balaban J connectivity index is 1.56. The molecule has 158 valence electrons. The molecule has 0 spiro atoms. The number of nitrogens with zero attached hydrogens (tertiary/aromatic N) is 1. The SMILES string of the molecule is Cc1ccc(CSc2nc3c(c(=O)[nH]2)[C@@H](C(=O)Nc2ccc(F)cc2)CC(=O)N3)cc1. The van der Waals surface area contributed by atoms with Crippen LogP contribution in [0.1, 0.15) is 29.0 Å². The van der Waals surface area contributed by atoms with Crippen molar-refractivity contribution >= 4 is 35.1 Å². The van der Waals surface area contributed by atoms with Gasteiger partial charge in [-0.15, -0.1) is 0 Å². The van der Waals surface area contributed by atoms with E-state index >= 15 is 0 Å². The number of nitrogens with one attached hydrogen (secondary N) is 3. The predicted molar refractivity (Wildman–Crippen MR) is 117 cm³/mol. The third-order valence-corrected chi connectivity index (χ3v) is 5.80. The molecule has 1 aliphatic rings. The molecule has 7 nitrogen and oxygen atoms in total. The zero-order valence-electron chi connectivity index (χ0n) is 16.6. The fraction of sp³-hybridized carbons (Fsp3) is 0.182. The van der Waals surface area contributed by atoms with Gasteiger partial charge in [-0.1, -0.05) is 41.6 Å². The Hall–Kier alpha value is -3.46. The van der Waals surface area contributed by atoms with Crippen LogP contribution in [0.2, 0.25) is 0 Å². The highest BCUT2D eigenvalue weighted by molar-refractivity contribution is 7.98. The van der Waals surface area contributed by atoms with Crippen LogP contribution in [-0.2, 0) is 15.3 Å². The number of aromatic nitrogens is 2. The summed E-state index contributed by atoms with van der Waals surface area (Å²) in [5.74, 6) is -1.69. The van der Waals surface area contributed by atoms with Crippen molar-refractivity contribution in [3.63, 3.8) is 0 Å². The Morgan fingerprint density at radius 2 is 1.87 bits per heavy atom. The minimum absolute atomic E-state index is 0.0886. The first kappa shape index (κ1) is 20.8. The summed E-state index contributed by atoms with van der Waals surface area (Å²) in [7, 11) is 0. The zero-order valence-corrected chi connectivity index (χ0v) is 17.4. The van der Waals surface area contributed by atoms with Gasteiger partial charge >= 0.3 is 0 Å². The van der Waals surface area contributed by atoms with E-state index in [-0.39, 0.29) is 17.8 Å². The molecule has 0 unspecified atom stereocenters. The fourth-order valence-electron chi connectivity index (χ4n) is 3.24. The van der Waals surface area contributed by atoms with Gasteiger partial charge in [-0.05, 0) is 36.8 Å². The van der Waals surface area contributed by atoms with Gasteiger partial charge in [0.05, 0.1) is 11.5 Å². The van der Waals surface area contributed by atoms with Crippen molar-refractivity contribution in [2.45, 2.75) is 30.2 Å². The van der Waals surface area contributed by atoms with Crippen molar-refractivity contribution in [3.05, 3.63) is 81.4 Å². The molecule has 1 aromatic heterocycles. The molecule has 2 amide bonds. The third-order valence-electron chi connectivity index (χ3n) is 4.85. The Morgan fingerprint density at radius 3 is 2.58 bits per heavy atom. The van der Waals surface area contributed by atoms with Crippen LogP contribution >= 0.6 is 11.8 Å². The van der Waals surface area contributed by atoms with Crippen LogP contribution in [0.15, 0.2) is 58.5 Å².